The first-order chi connectivity index (χ1) is 13.5. The van der Waals surface area contributed by atoms with Crippen molar-refractivity contribution in [1.29, 1.82) is 0 Å². The Morgan fingerprint density at radius 1 is 0.821 bits per heavy atom. The Balaban J connectivity index is 1.55. The fourth-order valence-corrected chi connectivity index (χ4v) is 3.37. The molecule has 2 saturated heterocycles. The van der Waals surface area contributed by atoms with Gasteiger partial charge in [0.25, 0.3) is 0 Å². The van der Waals surface area contributed by atoms with Crippen molar-refractivity contribution in [2.75, 3.05) is 13.2 Å². The van der Waals surface area contributed by atoms with Crippen LogP contribution in [0.4, 0.5) is 0 Å². The molecule has 28 heavy (non-hydrogen) atoms. The third kappa shape index (κ3) is 3.83. The minimum Gasteiger partial charge on any atom is -0.508 e. The van der Waals surface area contributed by atoms with Crippen LogP contribution in [-0.2, 0) is 18.9 Å². The number of rotatable bonds is 4. The first-order valence-corrected chi connectivity index (χ1v) is 9.00. The zero-order valence-corrected chi connectivity index (χ0v) is 14.9. The van der Waals surface area contributed by atoms with Gasteiger partial charge in [-0.15, -0.1) is 0 Å². The van der Waals surface area contributed by atoms with Crippen molar-refractivity contribution in [2.24, 2.45) is 0 Å². The normalized spacial score (nSPS) is 31.1. The number of ether oxygens (including phenoxy) is 4. The number of hydrogen-bond donors (Lipinski definition) is 4. The molecule has 6 atom stereocenters. The maximum absolute atomic E-state index is 10.3. The molecule has 2 unspecified atom stereocenters. The lowest BCUT2D eigenvalue weighted by atomic mass is 9.99. The van der Waals surface area contributed by atoms with Crippen molar-refractivity contribution in [3.8, 4) is 11.5 Å². The molecule has 8 nitrogen and oxygen atoms in total. The Morgan fingerprint density at radius 3 is 1.96 bits per heavy atom. The van der Waals surface area contributed by atoms with Crippen molar-refractivity contribution >= 4 is 0 Å². The van der Waals surface area contributed by atoms with Crippen LogP contribution in [-0.4, -0.2) is 58.1 Å². The molecular weight excluding hydrogens is 368 g/mol. The van der Waals surface area contributed by atoms with Gasteiger partial charge in [0.2, 0.25) is 0 Å². The van der Waals surface area contributed by atoms with Crippen LogP contribution in [0.1, 0.15) is 23.7 Å². The molecule has 2 aromatic rings. The predicted octanol–water partition coefficient (Wildman–Crippen LogP) is 1.35. The lowest BCUT2D eigenvalue weighted by molar-refractivity contribution is -0.373. The fourth-order valence-electron chi connectivity index (χ4n) is 3.37. The van der Waals surface area contributed by atoms with Gasteiger partial charge in [0, 0.05) is 11.1 Å². The summed E-state index contributed by atoms with van der Waals surface area (Å²) in [5.74, 6) is 0.248. The maximum Gasteiger partial charge on any atom is 0.184 e. The van der Waals surface area contributed by atoms with E-state index in [0.29, 0.717) is 11.1 Å². The average Bonchev–Trinajstić information content (AvgIpc) is 2.73. The van der Waals surface area contributed by atoms with Gasteiger partial charge in [-0.25, -0.2) is 0 Å². The largest absolute Gasteiger partial charge is 0.508 e. The van der Waals surface area contributed by atoms with Gasteiger partial charge < -0.3 is 39.4 Å². The molecule has 0 radical (unpaired) electrons. The van der Waals surface area contributed by atoms with E-state index >= 15 is 0 Å². The van der Waals surface area contributed by atoms with E-state index in [2.05, 4.69) is 0 Å². The van der Waals surface area contributed by atoms with Crippen LogP contribution in [0.25, 0.3) is 0 Å². The summed E-state index contributed by atoms with van der Waals surface area (Å²) >= 11 is 0. The molecule has 2 aliphatic rings. The van der Waals surface area contributed by atoms with E-state index < -0.39 is 43.6 Å². The molecule has 0 aromatic heterocycles. The number of phenolic OH excluding ortho intramolecular Hbond substituents is 2. The summed E-state index contributed by atoms with van der Waals surface area (Å²) in [6.45, 7) is -0.299. The van der Waals surface area contributed by atoms with Crippen molar-refractivity contribution in [2.45, 2.75) is 37.0 Å². The maximum atomic E-state index is 10.3. The van der Waals surface area contributed by atoms with Crippen LogP contribution in [0, 0.1) is 0 Å². The summed E-state index contributed by atoms with van der Waals surface area (Å²) in [5.41, 5.74) is 1.36. The summed E-state index contributed by atoms with van der Waals surface area (Å²) in [5, 5.41) is 38.7. The molecule has 0 bridgehead atoms. The van der Waals surface area contributed by atoms with Gasteiger partial charge in [-0.1, -0.05) is 24.3 Å². The van der Waals surface area contributed by atoms with E-state index in [1.807, 2.05) is 0 Å². The standard InChI is InChI=1S/C20H22O8/c21-9-15(24)17-18-16(26-20(27-17)12-3-7-14(23)8-4-12)10-25-19(28-18)11-1-5-13(22)6-2-11/h1-8,15-24H,9-10H2/t15-,16+,17-,18-,19?,20?/m0/s1. The van der Waals surface area contributed by atoms with Gasteiger partial charge in [0.1, 0.15) is 35.9 Å². The second-order valence-corrected chi connectivity index (χ2v) is 6.81. The Labute approximate surface area is 161 Å². The first-order valence-electron chi connectivity index (χ1n) is 9.00. The van der Waals surface area contributed by atoms with Crippen LogP contribution in [0.3, 0.4) is 0 Å². The number of aliphatic hydroxyl groups excluding tert-OH is 2. The molecule has 0 saturated carbocycles. The Hall–Kier alpha value is -2.20. The monoisotopic (exact) mass is 390 g/mol. The third-order valence-electron chi connectivity index (χ3n) is 4.86. The van der Waals surface area contributed by atoms with Gasteiger partial charge in [0.15, 0.2) is 12.6 Å². The zero-order chi connectivity index (χ0) is 19.7. The average molecular weight is 390 g/mol. The summed E-state index contributed by atoms with van der Waals surface area (Å²) < 4.78 is 23.6. The lowest BCUT2D eigenvalue weighted by Crippen LogP contribution is -2.58. The van der Waals surface area contributed by atoms with Crippen molar-refractivity contribution in [1.82, 2.24) is 0 Å². The Kier molecular flexibility index (Phi) is 5.49. The van der Waals surface area contributed by atoms with Gasteiger partial charge >= 0.3 is 0 Å². The third-order valence-corrected chi connectivity index (χ3v) is 4.86. The van der Waals surface area contributed by atoms with E-state index in [-0.39, 0.29) is 18.1 Å². The van der Waals surface area contributed by atoms with Crippen molar-refractivity contribution in [3.05, 3.63) is 59.7 Å². The summed E-state index contributed by atoms with van der Waals surface area (Å²) in [6, 6.07) is 12.8. The summed E-state index contributed by atoms with van der Waals surface area (Å²) in [7, 11) is 0. The SMILES string of the molecule is OC[C@H](O)[C@@H]1OC(c2ccc(O)cc2)O[C@@H]2COC(c3ccc(O)cc3)O[C@H]12. The van der Waals surface area contributed by atoms with E-state index in [1.54, 1.807) is 24.3 Å². The van der Waals surface area contributed by atoms with Crippen LogP contribution >= 0.6 is 0 Å². The highest BCUT2D eigenvalue weighted by atomic mass is 16.8. The molecule has 2 aromatic carbocycles. The van der Waals surface area contributed by atoms with Gasteiger partial charge in [-0.05, 0) is 24.3 Å². The number of benzene rings is 2. The second kappa shape index (κ2) is 8.04. The van der Waals surface area contributed by atoms with Gasteiger partial charge in [-0.3, -0.25) is 0 Å². The highest BCUT2D eigenvalue weighted by Gasteiger charge is 2.48. The Morgan fingerprint density at radius 2 is 1.39 bits per heavy atom. The topological polar surface area (TPSA) is 118 Å². The smallest absolute Gasteiger partial charge is 0.184 e. The van der Waals surface area contributed by atoms with E-state index in [9.17, 15) is 20.4 Å². The van der Waals surface area contributed by atoms with Crippen molar-refractivity contribution < 1.29 is 39.4 Å². The molecule has 2 fully saturated rings. The van der Waals surface area contributed by atoms with E-state index in [1.165, 1.54) is 24.3 Å². The van der Waals surface area contributed by atoms with Crippen molar-refractivity contribution in [3.63, 3.8) is 0 Å². The van der Waals surface area contributed by atoms with E-state index in [0.717, 1.165) is 0 Å². The summed E-state index contributed by atoms with van der Waals surface area (Å²) in [6.07, 6.45) is -4.71. The highest BCUT2D eigenvalue weighted by molar-refractivity contribution is 5.28. The predicted molar refractivity (Wildman–Crippen MR) is 95.4 cm³/mol. The molecule has 0 amide bonds. The summed E-state index contributed by atoms with van der Waals surface area (Å²) in [4.78, 5) is 0. The minimum absolute atomic E-state index is 0.116. The molecule has 2 aliphatic heterocycles. The Bertz CT molecular complexity index is 776. The molecule has 4 rings (SSSR count). The number of fused-ring (bicyclic) bond motifs is 1. The van der Waals surface area contributed by atoms with Crippen LogP contribution < -0.4 is 0 Å². The molecule has 0 spiro atoms. The number of aliphatic hydroxyl groups is 2. The molecule has 8 heteroatoms. The first kappa shape index (κ1) is 19.1. The van der Waals surface area contributed by atoms with Gasteiger partial charge in [-0.2, -0.15) is 0 Å². The molecule has 0 aliphatic carbocycles. The molecule has 4 N–H and O–H groups in total. The lowest BCUT2D eigenvalue weighted by Gasteiger charge is -2.47. The quantitative estimate of drug-likeness (QED) is 0.618. The molecular formula is C20H22O8. The van der Waals surface area contributed by atoms with Gasteiger partial charge in [0.05, 0.1) is 13.2 Å². The number of aromatic hydroxyl groups is 2. The fraction of sp³-hybridized carbons (Fsp3) is 0.400. The van der Waals surface area contributed by atoms with E-state index in [4.69, 9.17) is 18.9 Å². The van der Waals surface area contributed by atoms with Crippen LogP contribution in [0.5, 0.6) is 11.5 Å². The minimum atomic E-state index is -1.17. The number of hydrogen-bond acceptors (Lipinski definition) is 8. The number of phenols is 2. The molecule has 2 heterocycles. The highest BCUT2D eigenvalue weighted by Crippen LogP contribution is 2.39. The van der Waals surface area contributed by atoms with Crippen LogP contribution in [0.2, 0.25) is 0 Å². The van der Waals surface area contributed by atoms with Crippen LogP contribution in [0.15, 0.2) is 48.5 Å². The second-order valence-electron chi connectivity index (χ2n) is 6.81. The zero-order valence-electron chi connectivity index (χ0n) is 14.9. The molecule has 150 valence electrons.